The molecule has 94 valence electrons. The number of carbonyl (C=O) groups is 2. The minimum absolute atomic E-state index is 0.0281. The van der Waals surface area contributed by atoms with Gasteiger partial charge in [-0.05, 0) is 20.5 Å². The van der Waals surface area contributed by atoms with E-state index >= 15 is 0 Å². The number of nitrogens with zero attached hydrogens (tertiary/aromatic N) is 1. The summed E-state index contributed by atoms with van der Waals surface area (Å²) in [5, 5.41) is 11.1. The van der Waals surface area contributed by atoms with Crippen LogP contribution >= 0.6 is 0 Å². The maximum absolute atomic E-state index is 11.7. The minimum Gasteiger partial charge on any atom is -0.481 e. The molecule has 0 saturated heterocycles. The molecule has 0 bridgehead atoms. The Hall–Kier alpha value is -1.10. The van der Waals surface area contributed by atoms with Gasteiger partial charge in [0.05, 0.1) is 12.5 Å². The predicted molar refractivity (Wildman–Crippen MR) is 62.3 cm³/mol. The van der Waals surface area contributed by atoms with Gasteiger partial charge in [0.25, 0.3) is 0 Å². The lowest BCUT2D eigenvalue weighted by atomic mass is 10.1. The van der Waals surface area contributed by atoms with Crippen molar-refractivity contribution >= 4 is 11.9 Å². The largest absolute Gasteiger partial charge is 0.481 e. The number of amides is 1. The van der Waals surface area contributed by atoms with Gasteiger partial charge < -0.3 is 10.4 Å². The number of unbranched alkanes of at least 4 members (excludes halogenated alkanes) is 1. The first kappa shape index (κ1) is 14.9. The Bertz CT molecular complexity index is 229. The summed E-state index contributed by atoms with van der Waals surface area (Å²) in [5.41, 5.74) is 0. The quantitative estimate of drug-likeness (QED) is 0.477. The smallest absolute Gasteiger partial charge is 0.305 e. The van der Waals surface area contributed by atoms with Crippen LogP contribution in [0, 0.1) is 0 Å². The molecule has 0 aliphatic carbocycles. The van der Waals surface area contributed by atoms with Crippen LogP contribution in [-0.2, 0) is 9.59 Å². The molecule has 0 radical (unpaired) electrons. The predicted octanol–water partition coefficient (Wildman–Crippen LogP) is 0.698. The lowest BCUT2D eigenvalue weighted by molar-refractivity contribution is -0.137. The monoisotopic (exact) mass is 232 g/mol. The Morgan fingerprint density at radius 1 is 1.38 bits per heavy atom. The molecule has 0 saturated carbocycles. The second-order valence-corrected chi connectivity index (χ2v) is 4.06. The fourth-order valence-electron chi connectivity index (χ4n) is 1.43. The van der Waals surface area contributed by atoms with Crippen molar-refractivity contribution in [2.75, 3.05) is 20.6 Å². The summed E-state index contributed by atoms with van der Waals surface area (Å²) in [5.74, 6) is -0.977. The molecule has 0 spiro atoms. The second-order valence-electron chi connectivity index (χ2n) is 4.06. The van der Waals surface area contributed by atoms with Gasteiger partial charge in [-0.3, -0.25) is 14.5 Å². The minimum atomic E-state index is -0.893. The summed E-state index contributed by atoms with van der Waals surface area (Å²) in [6, 6.07) is -0.159. The van der Waals surface area contributed by atoms with E-state index < -0.39 is 5.97 Å². The number of rotatable bonds is 8. The highest BCUT2D eigenvalue weighted by Crippen LogP contribution is 2.05. The van der Waals surface area contributed by atoms with Crippen molar-refractivity contribution in [2.24, 2.45) is 0 Å². The van der Waals surface area contributed by atoms with E-state index in [2.05, 4.69) is 12.2 Å². The normalized spacial score (nSPS) is 12.5. The van der Waals surface area contributed by atoms with Gasteiger partial charge in [-0.15, -0.1) is 0 Å². The molecule has 0 aliphatic rings. The summed E-state index contributed by atoms with van der Waals surface area (Å²) in [6.07, 6.45) is 2.82. The zero-order valence-electron chi connectivity index (χ0n) is 10.3. The molecule has 0 aromatic heterocycles. The topological polar surface area (TPSA) is 69.6 Å². The SMILES string of the molecule is CN(C)C(CCC[13CH3])C(=O)[15NH]CCC(=O)O. The summed E-state index contributed by atoms with van der Waals surface area (Å²) >= 11 is 0. The molecule has 0 fully saturated rings. The Kier molecular flexibility index (Phi) is 7.54. The summed E-state index contributed by atoms with van der Waals surface area (Å²) in [4.78, 5) is 23.9. The third-order valence-corrected chi connectivity index (χ3v) is 2.40. The van der Waals surface area contributed by atoms with Crippen molar-refractivity contribution in [3.05, 3.63) is 0 Å². The first-order valence-electron chi connectivity index (χ1n) is 5.65. The number of nitrogens with one attached hydrogen (secondary N) is 1. The average molecular weight is 232 g/mol. The van der Waals surface area contributed by atoms with E-state index in [-0.39, 0.29) is 24.9 Å². The van der Waals surface area contributed by atoms with Gasteiger partial charge in [0.2, 0.25) is 5.91 Å². The summed E-state index contributed by atoms with van der Waals surface area (Å²) in [7, 11) is 3.72. The molecule has 1 atom stereocenters. The van der Waals surface area contributed by atoms with Gasteiger partial charge >= 0.3 is 5.97 Å². The van der Waals surface area contributed by atoms with Crippen molar-refractivity contribution in [1.82, 2.24) is 10.2 Å². The van der Waals surface area contributed by atoms with E-state index in [0.717, 1.165) is 19.3 Å². The molecule has 16 heavy (non-hydrogen) atoms. The second kappa shape index (κ2) is 8.10. The zero-order chi connectivity index (χ0) is 12.6. The lowest BCUT2D eigenvalue weighted by Crippen LogP contribution is -2.44. The van der Waals surface area contributed by atoms with Crippen LogP contribution in [0.5, 0.6) is 0 Å². The fourth-order valence-corrected chi connectivity index (χ4v) is 1.43. The average Bonchev–Trinajstić information content (AvgIpc) is 2.17. The molecule has 0 rings (SSSR count). The summed E-state index contributed by atoms with van der Waals surface area (Å²) in [6.45, 7) is 2.28. The maximum Gasteiger partial charge on any atom is 0.305 e. The molecule has 5 heteroatoms. The number of carbonyl (C=O) groups excluding carboxylic acids is 1. The van der Waals surface area contributed by atoms with Crippen LogP contribution in [0.1, 0.15) is 32.6 Å². The number of hydrogen-bond donors (Lipinski definition) is 2. The maximum atomic E-state index is 11.7. The van der Waals surface area contributed by atoms with Gasteiger partial charge in [0.15, 0.2) is 0 Å². The number of hydrogen-bond acceptors (Lipinski definition) is 3. The van der Waals surface area contributed by atoms with E-state index in [9.17, 15) is 9.59 Å². The number of carboxylic acid groups (broad SMARTS) is 1. The van der Waals surface area contributed by atoms with Gasteiger partial charge in [-0.1, -0.05) is 19.8 Å². The Morgan fingerprint density at radius 2 is 2.00 bits per heavy atom. The zero-order valence-corrected chi connectivity index (χ0v) is 10.3. The molecular weight excluding hydrogens is 210 g/mol. The Morgan fingerprint density at radius 3 is 2.44 bits per heavy atom. The molecule has 1 unspecified atom stereocenters. The highest BCUT2D eigenvalue weighted by Gasteiger charge is 2.19. The van der Waals surface area contributed by atoms with Crippen LogP contribution < -0.4 is 5.32 Å². The van der Waals surface area contributed by atoms with Crippen molar-refractivity contribution in [3.63, 3.8) is 0 Å². The van der Waals surface area contributed by atoms with Gasteiger partial charge in [0.1, 0.15) is 0 Å². The van der Waals surface area contributed by atoms with E-state index in [4.69, 9.17) is 5.11 Å². The first-order chi connectivity index (χ1) is 7.49. The number of likely N-dealkylation sites (N-methyl/N-ethyl adjacent to an activating group) is 1. The van der Waals surface area contributed by atoms with Gasteiger partial charge in [-0.2, -0.15) is 0 Å². The highest BCUT2D eigenvalue weighted by atomic mass is 16.4. The third kappa shape index (κ3) is 6.40. The first-order valence-corrected chi connectivity index (χ1v) is 5.65. The van der Waals surface area contributed by atoms with E-state index in [0.29, 0.717) is 0 Å². The number of aliphatic carboxylic acids is 1. The molecule has 0 aliphatic heterocycles. The summed E-state index contributed by atoms with van der Waals surface area (Å²) < 4.78 is 0. The van der Waals surface area contributed by atoms with E-state index in [1.54, 1.807) is 0 Å². The van der Waals surface area contributed by atoms with Crippen molar-refractivity contribution in [1.29, 1.82) is 0 Å². The van der Waals surface area contributed by atoms with Crippen LogP contribution in [0.2, 0.25) is 0 Å². The Balaban J connectivity index is 4.01. The third-order valence-electron chi connectivity index (χ3n) is 2.40. The van der Waals surface area contributed by atoms with Crippen LogP contribution in [0.15, 0.2) is 0 Å². The Labute approximate surface area is 96.8 Å². The van der Waals surface area contributed by atoms with E-state index in [1.165, 1.54) is 0 Å². The molecule has 1 amide bonds. The van der Waals surface area contributed by atoms with Gasteiger partial charge in [0, 0.05) is 6.54 Å². The molecule has 2 N–H and O–H groups in total. The van der Waals surface area contributed by atoms with Crippen LogP contribution in [0.3, 0.4) is 0 Å². The standard InChI is InChI=1S/C11H22N2O3/c1-4-5-6-9(13(2)3)11(16)12-8-7-10(14)15/h9H,4-8H2,1-3H3,(H,12,16)(H,14,15)/i1+1,12+1. The van der Waals surface area contributed by atoms with E-state index in [1.807, 2.05) is 19.0 Å². The fraction of sp³-hybridized carbons (Fsp3) is 0.818. The van der Waals surface area contributed by atoms with Crippen LogP contribution in [-0.4, -0.2) is 48.6 Å². The van der Waals surface area contributed by atoms with Gasteiger partial charge in [-0.25, -0.2) is 0 Å². The molecule has 0 aromatic rings. The highest BCUT2D eigenvalue weighted by molar-refractivity contribution is 5.82. The van der Waals surface area contributed by atoms with Crippen LogP contribution in [0.25, 0.3) is 0 Å². The van der Waals surface area contributed by atoms with Crippen molar-refractivity contribution < 1.29 is 14.7 Å². The van der Waals surface area contributed by atoms with Crippen molar-refractivity contribution in [3.8, 4) is 0 Å². The lowest BCUT2D eigenvalue weighted by Gasteiger charge is -2.23. The van der Waals surface area contributed by atoms with Crippen LogP contribution in [0.4, 0.5) is 0 Å². The molecular formula is C11H22N2O3. The molecule has 5 nitrogen and oxygen atoms in total. The van der Waals surface area contributed by atoms with Crippen molar-refractivity contribution in [2.45, 2.75) is 38.6 Å². The molecule has 0 aromatic carbocycles. The number of carboxylic acids is 1. The molecule has 0 heterocycles.